The summed E-state index contributed by atoms with van der Waals surface area (Å²) in [5.41, 5.74) is 2.45. The third-order valence-corrected chi connectivity index (χ3v) is 3.15. The van der Waals surface area contributed by atoms with Gasteiger partial charge in [0, 0.05) is 23.7 Å². The highest BCUT2D eigenvalue weighted by atomic mass is 35.5. The highest BCUT2D eigenvalue weighted by Gasteiger charge is 2.13. The minimum absolute atomic E-state index is 0.0616. The zero-order valence-electron chi connectivity index (χ0n) is 9.86. The molecule has 3 rings (SSSR count). The highest BCUT2D eigenvalue weighted by Crippen LogP contribution is 2.28. The second kappa shape index (κ2) is 4.28. The first-order valence-electron chi connectivity index (χ1n) is 5.52. The Hall–Kier alpha value is -2.01. The zero-order valence-corrected chi connectivity index (χ0v) is 10.6. The SMILES string of the molecule is Cc1cnc2cc(-c3nc(F)c(F)cc3Cl)ccn12. The van der Waals surface area contributed by atoms with Crippen molar-refractivity contribution in [3.8, 4) is 11.3 Å². The fourth-order valence-electron chi connectivity index (χ4n) is 1.90. The molecule has 0 spiro atoms. The Morgan fingerprint density at radius 3 is 2.84 bits per heavy atom. The summed E-state index contributed by atoms with van der Waals surface area (Å²) in [6, 6.07) is 4.37. The van der Waals surface area contributed by atoms with E-state index in [0.717, 1.165) is 11.8 Å². The lowest BCUT2D eigenvalue weighted by Gasteiger charge is -2.05. The molecular formula is C13H8ClF2N3. The van der Waals surface area contributed by atoms with Crippen molar-refractivity contribution in [2.24, 2.45) is 0 Å². The predicted octanol–water partition coefficient (Wildman–Crippen LogP) is 3.64. The second-order valence-electron chi connectivity index (χ2n) is 4.13. The van der Waals surface area contributed by atoms with Gasteiger partial charge in [-0.3, -0.25) is 0 Å². The van der Waals surface area contributed by atoms with Gasteiger partial charge in [0.25, 0.3) is 0 Å². The standard InChI is InChI=1S/C13H8ClF2N3/c1-7-6-17-11-4-8(2-3-19(7)11)12-9(14)5-10(15)13(16)18-12/h2-6H,1H3. The fraction of sp³-hybridized carbons (Fsp3) is 0.0769. The number of nitrogens with zero attached hydrogens (tertiary/aromatic N) is 3. The average Bonchev–Trinajstić information content (AvgIpc) is 2.75. The Morgan fingerprint density at radius 1 is 1.26 bits per heavy atom. The Balaban J connectivity index is 2.21. The summed E-state index contributed by atoms with van der Waals surface area (Å²) < 4.78 is 28.1. The van der Waals surface area contributed by atoms with Crippen LogP contribution in [0.3, 0.4) is 0 Å². The number of fused-ring (bicyclic) bond motifs is 1. The van der Waals surface area contributed by atoms with Crippen LogP contribution in [0.25, 0.3) is 16.9 Å². The number of aromatic nitrogens is 3. The van der Waals surface area contributed by atoms with E-state index < -0.39 is 11.8 Å². The molecule has 0 saturated heterocycles. The molecule has 0 unspecified atom stereocenters. The Kier molecular flexibility index (Phi) is 2.71. The van der Waals surface area contributed by atoms with Crippen molar-refractivity contribution in [1.82, 2.24) is 14.4 Å². The van der Waals surface area contributed by atoms with Crippen LogP contribution in [0, 0.1) is 18.7 Å². The molecule has 0 amide bonds. The van der Waals surface area contributed by atoms with Crippen molar-refractivity contribution < 1.29 is 8.78 Å². The van der Waals surface area contributed by atoms with E-state index in [4.69, 9.17) is 11.6 Å². The van der Waals surface area contributed by atoms with E-state index in [2.05, 4.69) is 9.97 Å². The molecule has 0 fully saturated rings. The van der Waals surface area contributed by atoms with Crippen molar-refractivity contribution in [3.63, 3.8) is 0 Å². The molecule has 0 bridgehead atoms. The maximum atomic E-state index is 13.2. The van der Waals surface area contributed by atoms with Gasteiger partial charge in [-0.15, -0.1) is 0 Å². The maximum Gasteiger partial charge on any atom is 0.249 e. The molecule has 0 N–H and O–H groups in total. The minimum Gasteiger partial charge on any atom is -0.304 e. The lowest BCUT2D eigenvalue weighted by atomic mass is 10.2. The van der Waals surface area contributed by atoms with Crippen molar-refractivity contribution >= 4 is 17.2 Å². The van der Waals surface area contributed by atoms with Crippen LogP contribution < -0.4 is 0 Å². The predicted molar refractivity (Wildman–Crippen MR) is 68.1 cm³/mol. The van der Waals surface area contributed by atoms with Gasteiger partial charge in [-0.2, -0.15) is 4.39 Å². The minimum atomic E-state index is -1.17. The molecule has 3 aromatic rings. The third kappa shape index (κ3) is 1.96. The third-order valence-electron chi connectivity index (χ3n) is 2.86. The van der Waals surface area contributed by atoms with Crippen molar-refractivity contribution in [3.05, 3.63) is 53.1 Å². The monoisotopic (exact) mass is 279 g/mol. The summed E-state index contributed by atoms with van der Waals surface area (Å²) >= 11 is 5.90. The number of imidazole rings is 1. The van der Waals surface area contributed by atoms with Crippen LogP contribution in [0.2, 0.25) is 5.02 Å². The van der Waals surface area contributed by atoms with E-state index in [-0.39, 0.29) is 10.7 Å². The van der Waals surface area contributed by atoms with Crippen LogP contribution in [-0.2, 0) is 0 Å². The Labute approximate surface area is 112 Å². The first-order valence-corrected chi connectivity index (χ1v) is 5.89. The Morgan fingerprint density at radius 2 is 2.05 bits per heavy atom. The average molecular weight is 280 g/mol. The van der Waals surface area contributed by atoms with Crippen LogP contribution in [0.5, 0.6) is 0 Å². The van der Waals surface area contributed by atoms with E-state index in [1.54, 1.807) is 24.5 Å². The summed E-state index contributed by atoms with van der Waals surface area (Å²) in [7, 11) is 0. The number of hydrogen-bond acceptors (Lipinski definition) is 2. The van der Waals surface area contributed by atoms with Gasteiger partial charge in [-0.05, 0) is 25.1 Å². The molecule has 0 aromatic carbocycles. The number of halogens is 3. The van der Waals surface area contributed by atoms with E-state index in [0.29, 0.717) is 11.2 Å². The molecule has 0 saturated carbocycles. The van der Waals surface area contributed by atoms with E-state index in [1.165, 1.54) is 0 Å². The molecule has 96 valence electrons. The van der Waals surface area contributed by atoms with Gasteiger partial charge in [0.2, 0.25) is 5.95 Å². The van der Waals surface area contributed by atoms with Gasteiger partial charge >= 0.3 is 0 Å². The largest absolute Gasteiger partial charge is 0.304 e. The molecule has 3 aromatic heterocycles. The highest BCUT2D eigenvalue weighted by molar-refractivity contribution is 6.33. The fourth-order valence-corrected chi connectivity index (χ4v) is 2.15. The van der Waals surface area contributed by atoms with Gasteiger partial charge in [-0.1, -0.05) is 11.6 Å². The van der Waals surface area contributed by atoms with Gasteiger partial charge < -0.3 is 4.40 Å². The normalized spacial score (nSPS) is 11.2. The van der Waals surface area contributed by atoms with E-state index >= 15 is 0 Å². The first kappa shape index (κ1) is 12.0. The van der Waals surface area contributed by atoms with E-state index in [9.17, 15) is 8.78 Å². The van der Waals surface area contributed by atoms with Crippen LogP contribution in [0.15, 0.2) is 30.6 Å². The van der Waals surface area contributed by atoms with Gasteiger partial charge in [0.15, 0.2) is 5.82 Å². The molecule has 0 aliphatic carbocycles. The van der Waals surface area contributed by atoms with Gasteiger partial charge in [0.05, 0.1) is 10.7 Å². The summed E-state index contributed by atoms with van der Waals surface area (Å²) in [6.45, 7) is 1.92. The lowest BCUT2D eigenvalue weighted by Crippen LogP contribution is -1.95. The molecule has 0 aliphatic rings. The summed E-state index contributed by atoms with van der Waals surface area (Å²) in [4.78, 5) is 7.74. The quantitative estimate of drug-likeness (QED) is 0.637. The molecule has 19 heavy (non-hydrogen) atoms. The van der Waals surface area contributed by atoms with Crippen LogP contribution >= 0.6 is 11.6 Å². The number of aryl methyl sites for hydroxylation is 1. The summed E-state index contributed by atoms with van der Waals surface area (Å²) in [5.74, 6) is -2.23. The molecule has 3 heterocycles. The molecule has 0 radical (unpaired) electrons. The number of pyridine rings is 2. The van der Waals surface area contributed by atoms with Crippen molar-refractivity contribution in [2.45, 2.75) is 6.92 Å². The molecular weight excluding hydrogens is 272 g/mol. The first-order chi connectivity index (χ1) is 9.06. The summed E-state index contributed by atoms with van der Waals surface area (Å²) in [6.07, 6.45) is 3.51. The summed E-state index contributed by atoms with van der Waals surface area (Å²) in [5, 5.41) is 0.0616. The topological polar surface area (TPSA) is 30.2 Å². The zero-order chi connectivity index (χ0) is 13.6. The lowest BCUT2D eigenvalue weighted by molar-refractivity contribution is 0.480. The maximum absolute atomic E-state index is 13.2. The Bertz CT molecular complexity index is 783. The smallest absolute Gasteiger partial charge is 0.249 e. The molecule has 3 nitrogen and oxygen atoms in total. The molecule has 0 atom stereocenters. The van der Waals surface area contributed by atoms with Crippen molar-refractivity contribution in [2.75, 3.05) is 0 Å². The van der Waals surface area contributed by atoms with Crippen LogP contribution in [-0.4, -0.2) is 14.4 Å². The van der Waals surface area contributed by atoms with Crippen molar-refractivity contribution in [1.29, 1.82) is 0 Å². The van der Waals surface area contributed by atoms with Gasteiger partial charge in [-0.25, -0.2) is 14.4 Å². The number of hydrogen-bond donors (Lipinski definition) is 0. The van der Waals surface area contributed by atoms with Crippen LogP contribution in [0.4, 0.5) is 8.78 Å². The molecule has 6 heteroatoms. The van der Waals surface area contributed by atoms with E-state index in [1.807, 2.05) is 11.3 Å². The number of rotatable bonds is 1. The van der Waals surface area contributed by atoms with Gasteiger partial charge in [0.1, 0.15) is 5.65 Å². The molecule has 0 aliphatic heterocycles. The second-order valence-corrected chi connectivity index (χ2v) is 4.54. The van der Waals surface area contributed by atoms with Crippen LogP contribution in [0.1, 0.15) is 5.69 Å².